The van der Waals surface area contributed by atoms with Crippen LogP contribution in [0, 0.1) is 23.7 Å². The zero-order valence-corrected chi connectivity index (χ0v) is 84.3. The van der Waals surface area contributed by atoms with Crippen molar-refractivity contribution in [2.24, 2.45) is 0 Å². The van der Waals surface area contributed by atoms with Crippen molar-refractivity contribution in [3.63, 3.8) is 0 Å². The molecule has 6 aromatic heterocycles. The molecule has 0 amide bonds. The second kappa shape index (κ2) is 45.0. The number of aromatic nitrogens is 8. The molecule has 16 nitrogen and oxygen atoms in total. The molecule has 10 aromatic rings. The summed E-state index contributed by atoms with van der Waals surface area (Å²) in [6.45, 7) is 45.4. The van der Waals surface area contributed by atoms with Crippen molar-refractivity contribution in [1.29, 1.82) is 0 Å². The van der Waals surface area contributed by atoms with Crippen molar-refractivity contribution in [1.82, 2.24) is 39.9 Å². The highest BCUT2D eigenvalue weighted by Gasteiger charge is 2.31. The van der Waals surface area contributed by atoms with E-state index in [1.54, 1.807) is 0 Å². The minimum Gasteiger partial charge on any atom is -0.493 e. The summed E-state index contributed by atoms with van der Waals surface area (Å²) >= 11 is 0. The highest BCUT2D eigenvalue weighted by Crippen LogP contribution is 2.47. The summed E-state index contributed by atoms with van der Waals surface area (Å²) in [5.41, 5.74) is 48.0. The fraction of sp³-hybridized carbons (Fsp3) is 0.433. The monoisotopic (exact) mass is 1820 g/mol. The summed E-state index contributed by atoms with van der Waals surface area (Å²) in [7, 11) is 0. The van der Waals surface area contributed by atoms with Gasteiger partial charge in [-0.3, -0.25) is 0 Å². The van der Waals surface area contributed by atoms with Gasteiger partial charge < -0.3 is 57.8 Å². The number of para-hydroxylation sites is 2. The summed E-state index contributed by atoms with van der Waals surface area (Å²) in [5, 5.41) is 0. The number of H-pyrrole nitrogens is 4. The van der Waals surface area contributed by atoms with Crippen LogP contribution in [0.15, 0.2) is 97.1 Å². The fourth-order valence-electron chi connectivity index (χ4n) is 22.0. The number of hydrogen-bond acceptors (Lipinski definition) is 12. The van der Waals surface area contributed by atoms with E-state index in [1.807, 2.05) is 0 Å². The van der Waals surface area contributed by atoms with Gasteiger partial charge in [-0.2, -0.15) is 0 Å². The van der Waals surface area contributed by atoms with E-state index in [0.29, 0.717) is 91.8 Å². The van der Waals surface area contributed by atoms with Crippen LogP contribution in [-0.4, -0.2) is 119 Å². The lowest BCUT2D eigenvalue weighted by Crippen LogP contribution is -2.15. The predicted molar refractivity (Wildman–Crippen MR) is 561 cm³/mol. The Morgan fingerprint density at radius 1 is 0.265 bits per heavy atom. The standard InChI is InChI=1S/C120H142N8O8/c1-19-47-133-119-79-59-73(43-45-99-113-95(33-15)91(29-11)109(125-113)69-105-87(25-7)83(21-3)101(121-105)67-102-84(22-4)88(26-8)106(122-102)70-110-92(30-12)96(34-16)114(99)126-110)60-80(119)64-76-40-38-42-78-66-82-62-74(61-81(120(82)134-48-20-2)65-77-41-37-39-75(63-79)117(77)135-57-55-131-53-51-129-49-50-130-52-54-132-56-58-136-118(76)78)44-46-100-115-97(35-17)93(31-13)111(127-115)71-107-89(27-9)85(23-5)103(123-107)68-104-86(24-6)90(28-10)108(124-104)72-112-94(32-14)98(36-18)116(100)128-112/h37-42,59-62,67-72,121,123,126,128H,19-36,47-58,63-66H2,1-18H3. The first-order chi connectivity index (χ1) is 66.6. The molecule has 136 heavy (non-hydrogen) atoms. The van der Waals surface area contributed by atoms with Gasteiger partial charge in [-0.1, -0.05) is 185 Å². The van der Waals surface area contributed by atoms with Gasteiger partial charge in [-0.25, -0.2) is 19.9 Å². The van der Waals surface area contributed by atoms with Crippen molar-refractivity contribution in [2.75, 3.05) is 79.3 Å². The number of aromatic amines is 4. The lowest BCUT2D eigenvalue weighted by molar-refractivity contribution is -0.00706. The van der Waals surface area contributed by atoms with Gasteiger partial charge >= 0.3 is 0 Å². The van der Waals surface area contributed by atoms with E-state index in [4.69, 9.17) is 57.8 Å². The van der Waals surface area contributed by atoms with Crippen LogP contribution >= 0.6 is 0 Å². The highest BCUT2D eigenvalue weighted by molar-refractivity contribution is 6.00. The molecule has 0 unspecified atom stereocenters. The van der Waals surface area contributed by atoms with Gasteiger partial charge in [0.15, 0.2) is 0 Å². The van der Waals surface area contributed by atoms with E-state index in [9.17, 15) is 0 Å². The van der Waals surface area contributed by atoms with E-state index in [0.717, 1.165) is 295 Å². The zero-order chi connectivity index (χ0) is 95.2. The topological polar surface area (TPSA) is 189 Å². The maximum absolute atomic E-state index is 7.38. The molecule has 0 fully saturated rings. The third kappa shape index (κ3) is 19.8. The van der Waals surface area contributed by atoms with Gasteiger partial charge in [0.1, 0.15) is 36.2 Å². The molecule has 16 heteroatoms. The Labute approximate surface area is 807 Å². The van der Waals surface area contributed by atoms with E-state index in [1.165, 1.54) is 89.1 Å². The zero-order valence-electron chi connectivity index (χ0n) is 84.3. The first-order valence-corrected chi connectivity index (χ1v) is 51.5. The van der Waals surface area contributed by atoms with Gasteiger partial charge in [0.2, 0.25) is 0 Å². The Morgan fingerprint density at radius 3 is 0.779 bits per heavy atom. The van der Waals surface area contributed by atoms with Crippen LogP contribution in [-0.2, 0) is 96.0 Å². The van der Waals surface area contributed by atoms with Crippen LogP contribution in [0.4, 0.5) is 0 Å². The number of allylic oxidation sites excluding steroid dienone is 8. The minimum absolute atomic E-state index is 0.272. The van der Waals surface area contributed by atoms with Gasteiger partial charge in [0.05, 0.1) is 134 Å². The SMILES string of the molecule is CCCOc1c2cc(C#Cc3c4nc(cc5[nH]c(cc6nc(cc7[nH]c3c(CC)c7CC)C(CC)=C6CC)c(CC)c5CC)C(CC)=C4CC)cc1Cc1cccc3c1OCCOCCOCCOCCOCCOc1c(cccc1Cc1cc(C#Cc4c5nc(cc6[nH]c(cc7nc(cc8[nH]c4c(CC)c8CC)C(CC)=C7CC)c(CC)c6CC)C(CC)=C5CC)cc(c1OCCC)C3)C2. The Morgan fingerprint density at radius 2 is 0.515 bits per heavy atom. The first kappa shape index (κ1) is 97.3. The van der Waals surface area contributed by atoms with Crippen molar-refractivity contribution < 1.29 is 37.9 Å². The number of ether oxygens (including phenoxy) is 8. The van der Waals surface area contributed by atoms with Crippen molar-refractivity contribution in [3.8, 4) is 46.7 Å². The number of fused-ring (bicyclic) bond motifs is 18. The average Bonchev–Trinajstić information content (AvgIpc) is 1.57. The van der Waals surface area contributed by atoms with E-state index in [2.05, 4.69) is 265 Å². The van der Waals surface area contributed by atoms with Crippen molar-refractivity contribution in [2.45, 2.75) is 266 Å². The van der Waals surface area contributed by atoms with Crippen molar-refractivity contribution >= 4 is 88.7 Å². The molecular formula is C120H142N8O8. The third-order valence-electron chi connectivity index (χ3n) is 28.2. The summed E-state index contributed by atoms with van der Waals surface area (Å²) in [4.78, 5) is 39.2. The molecule has 4 N–H and O–H groups in total. The quantitative estimate of drug-likeness (QED) is 0.0471. The Balaban J connectivity index is 0.954. The second-order valence-electron chi connectivity index (χ2n) is 36.2. The molecule has 6 aliphatic rings. The number of nitrogens with zero attached hydrogens (tertiary/aromatic N) is 4. The summed E-state index contributed by atoms with van der Waals surface area (Å²) in [6, 6.07) is 36.3. The number of rotatable bonds is 22. The molecule has 16 rings (SSSR count). The largest absolute Gasteiger partial charge is 0.493 e. The molecule has 0 radical (unpaired) electrons. The van der Waals surface area contributed by atoms with E-state index in [-0.39, 0.29) is 13.2 Å². The number of benzene rings is 4. The number of hydrogen-bond donors (Lipinski definition) is 4. The van der Waals surface area contributed by atoms with Crippen LogP contribution in [0.5, 0.6) is 23.0 Å². The summed E-state index contributed by atoms with van der Waals surface area (Å²) in [5.74, 6) is 19.2. The Bertz CT molecular complexity index is 6330. The molecule has 0 spiro atoms. The maximum Gasteiger partial charge on any atom is 0.126 e. The van der Waals surface area contributed by atoms with E-state index >= 15 is 0 Å². The summed E-state index contributed by atoms with van der Waals surface area (Å²) in [6.07, 6.45) is 16.6. The van der Waals surface area contributed by atoms with Crippen molar-refractivity contribution in [3.05, 3.63) is 254 Å². The van der Waals surface area contributed by atoms with E-state index < -0.39 is 0 Å². The lowest BCUT2D eigenvalue weighted by Gasteiger charge is -2.23. The Hall–Kier alpha value is -11.8. The molecule has 4 aromatic carbocycles. The smallest absolute Gasteiger partial charge is 0.126 e. The molecule has 0 saturated heterocycles. The molecule has 26 bridgehead atoms. The third-order valence-corrected chi connectivity index (χ3v) is 28.2. The molecule has 1 aliphatic carbocycles. The van der Waals surface area contributed by atoms with Crippen LogP contribution in [0.2, 0.25) is 0 Å². The minimum atomic E-state index is 0.272. The number of aryl methyl sites for hydroxylation is 8. The fourth-order valence-corrected chi connectivity index (χ4v) is 22.0. The molecule has 710 valence electrons. The number of nitrogens with one attached hydrogen (secondary N) is 4. The van der Waals surface area contributed by atoms with Crippen LogP contribution in [0.1, 0.15) is 346 Å². The molecule has 0 atom stereocenters. The molecule has 0 saturated carbocycles. The molecule has 11 heterocycles. The normalized spacial score (nSPS) is 14.6. The second-order valence-corrected chi connectivity index (χ2v) is 36.2. The molecule has 5 aliphatic heterocycles. The van der Waals surface area contributed by atoms with Crippen LogP contribution in [0.3, 0.4) is 0 Å². The van der Waals surface area contributed by atoms with Crippen LogP contribution < -0.4 is 18.9 Å². The van der Waals surface area contributed by atoms with Gasteiger partial charge in [-0.05, 0) is 288 Å². The summed E-state index contributed by atoms with van der Waals surface area (Å²) < 4.78 is 54.2. The first-order valence-electron chi connectivity index (χ1n) is 51.5. The van der Waals surface area contributed by atoms with Gasteiger partial charge in [0.25, 0.3) is 0 Å². The Kier molecular flexibility index (Phi) is 32.2. The lowest BCUT2D eigenvalue weighted by atomic mass is 9.89. The van der Waals surface area contributed by atoms with Gasteiger partial charge in [0, 0.05) is 92.2 Å². The molecular weight excluding hydrogens is 1680 g/mol. The average molecular weight is 1820 g/mol. The maximum atomic E-state index is 7.38. The predicted octanol–water partition coefficient (Wildman–Crippen LogP) is 27.3. The van der Waals surface area contributed by atoms with Gasteiger partial charge in [-0.15, -0.1) is 0 Å². The highest BCUT2D eigenvalue weighted by atomic mass is 16.6. The van der Waals surface area contributed by atoms with Crippen LogP contribution in [0.25, 0.3) is 88.7 Å².